The predicted molar refractivity (Wildman–Crippen MR) is 74.1 cm³/mol. The van der Waals surface area contributed by atoms with Crippen LogP contribution in [0.4, 0.5) is 0 Å². The minimum absolute atomic E-state index is 0.444. The Kier molecular flexibility index (Phi) is 5.93. The Morgan fingerprint density at radius 1 is 1.06 bits per heavy atom. The van der Waals surface area contributed by atoms with E-state index in [1.165, 1.54) is 11.3 Å². The molecule has 0 spiro atoms. The van der Waals surface area contributed by atoms with E-state index in [0.29, 0.717) is 5.41 Å². The van der Waals surface area contributed by atoms with Gasteiger partial charge >= 0.3 is 0 Å². The molecule has 0 aliphatic carbocycles. The fourth-order valence-corrected chi connectivity index (χ4v) is 2.18. The minimum atomic E-state index is 0.444. The van der Waals surface area contributed by atoms with Crippen molar-refractivity contribution in [1.82, 2.24) is 5.32 Å². The molecule has 0 unspecified atom stereocenters. The van der Waals surface area contributed by atoms with Crippen molar-refractivity contribution >= 4 is 11.8 Å². The van der Waals surface area contributed by atoms with E-state index >= 15 is 0 Å². The molecule has 1 aromatic carbocycles. The first-order valence-corrected chi connectivity index (χ1v) is 6.95. The van der Waals surface area contributed by atoms with Crippen LogP contribution < -0.4 is 5.32 Å². The van der Waals surface area contributed by atoms with Crippen LogP contribution in [-0.2, 0) is 0 Å². The monoisotopic (exact) mass is 237 g/mol. The van der Waals surface area contributed by atoms with Crippen molar-refractivity contribution in [3.8, 4) is 0 Å². The maximum Gasteiger partial charge on any atom is 0.0106 e. The van der Waals surface area contributed by atoms with Crippen LogP contribution in [0.2, 0.25) is 0 Å². The molecule has 1 rings (SSSR count). The third-order valence-electron chi connectivity index (χ3n) is 2.34. The molecule has 0 amide bonds. The van der Waals surface area contributed by atoms with Crippen LogP contribution in [0.25, 0.3) is 0 Å². The molecule has 0 bridgehead atoms. The van der Waals surface area contributed by atoms with E-state index in [1.807, 2.05) is 11.8 Å². The van der Waals surface area contributed by atoms with Crippen molar-refractivity contribution in [3.63, 3.8) is 0 Å². The number of benzene rings is 1. The average Bonchev–Trinajstić information content (AvgIpc) is 2.23. The van der Waals surface area contributed by atoms with Gasteiger partial charge in [-0.25, -0.2) is 0 Å². The number of hydrogen-bond donors (Lipinski definition) is 1. The van der Waals surface area contributed by atoms with E-state index in [1.54, 1.807) is 0 Å². The molecule has 0 radical (unpaired) electrons. The molecule has 0 heterocycles. The average molecular weight is 237 g/mol. The topological polar surface area (TPSA) is 12.0 Å². The maximum atomic E-state index is 3.49. The first kappa shape index (κ1) is 13.6. The summed E-state index contributed by atoms with van der Waals surface area (Å²) < 4.78 is 0. The second-order valence-electron chi connectivity index (χ2n) is 5.22. The third-order valence-corrected chi connectivity index (χ3v) is 3.36. The zero-order chi connectivity index (χ0) is 11.9. The zero-order valence-corrected chi connectivity index (χ0v) is 11.4. The molecule has 1 N–H and O–H groups in total. The highest BCUT2D eigenvalue weighted by Gasteiger charge is 2.08. The summed E-state index contributed by atoms with van der Waals surface area (Å²) in [5.41, 5.74) is 0.444. The second-order valence-corrected chi connectivity index (χ2v) is 6.39. The van der Waals surface area contributed by atoms with Crippen LogP contribution in [0.5, 0.6) is 0 Å². The van der Waals surface area contributed by atoms with Gasteiger partial charge in [0.05, 0.1) is 0 Å². The van der Waals surface area contributed by atoms with Crippen LogP contribution >= 0.6 is 11.8 Å². The van der Waals surface area contributed by atoms with Crippen molar-refractivity contribution in [1.29, 1.82) is 0 Å². The summed E-state index contributed by atoms with van der Waals surface area (Å²) in [7, 11) is 0. The van der Waals surface area contributed by atoms with Gasteiger partial charge in [-0.15, -0.1) is 11.8 Å². The molecule has 90 valence electrons. The van der Waals surface area contributed by atoms with Gasteiger partial charge in [0.1, 0.15) is 0 Å². The molecule has 1 nitrogen and oxygen atoms in total. The number of nitrogens with one attached hydrogen (secondary N) is 1. The SMILES string of the molecule is CC(C)(C)CCNCCSc1ccccc1. The molecular weight excluding hydrogens is 214 g/mol. The summed E-state index contributed by atoms with van der Waals surface area (Å²) in [5, 5.41) is 3.49. The number of thioether (sulfide) groups is 1. The van der Waals surface area contributed by atoms with E-state index in [-0.39, 0.29) is 0 Å². The first-order chi connectivity index (χ1) is 7.58. The van der Waals surface area contributed by atoms with E-state index in [2.05, 4.69) is 56.4 Å². The van der Waals surface area contributed by atoms with Gasteiger partial charge < -0.3 is 5.32 Å². The van der Waals surface area contributed by atoms with Gasteiger partial charge in [0.25, 0.3) is 0 Å². The summed E-state index contributed by atoms with van der Waals surface area (Å²) in [6.45, 7) is 9.07. The summed E-state index contributed by atoms with van der Waals surface area (Å²) in [6.07, 6.45) is 1.24. The van der Waals surface area contributed by atoms with Gasteiger partial charge in [-0.3, -0.25) is 0 Å². The fraction of sp³-hybridized carbons (Fsp3) is 0.571. The normalized spacial score (nSPS) is 11.7. The Bertz CT molecular complexity index is 277. The maximum absolute atomic E-state index is 3.49. The highest BCUT2D eigenvalue weighted by molar-refractivity contribution is 7.99. The molecule has 2 heteroatoms. The lowest BCUT2D eigenvalue weighted by molar-refractivity contribution is 0.369. The van der Waals surface area contributed by atoms with E-state index in [0.717, 1.165) is 18.8 Å². The number of hydrogen-bond acceptors (Lipinski definition) is 2. The Balaban J connectivity index is 2.01. The lowest BCUT2D eigenvalue weighted by Gasteiger charge is -2.17. The summed E-state index contributed by atoms with van der Waals surface area (Å²) >= 11 is 1.92. The summed E-state index contributed by atoms with van der Waals surface area (Å²) in [6, 6.07) is 10.6. The first-order valence-electron chi connectivity index (χ1n) is 5.96. The van der Waals surface area contributed by atoms with E-state index < -0.39 is 0 Å². The Hall–Kier alpha value is -0.470. The highest BCUT2D eigenvalue weighted by atomic mass is 32.2. The molecule has 0 aliphatic heterocycles. The molecule has 0 fully saturated rings. The molecular formula is C14H23NS. The standard InChI is InChI=1S/C14H23NS/c1-14(2,3)9-10-15-11-12-16-13-7-5-4-6-8-13/h4-8,15H,9-12H2,1-3H3. The predicted octanol–water partition coefficient (Wildman–Crippen LogP) is 3.80. The molecule has 0 saturated heterocycles. The zero-order valence-electron chi connectivity index (χ0n) is 10.6. The van der Waals surface area contributed by atoms with Crippen LogP contribution in [-0.4, -0.2) is 18.8 Å². The quantitative estimate of drug-likeness (QED) is 0.596. The Morgan fingerprint density at radius 3 is 2.38 bits per heavy atom. The summed E-state index contributed by atoms with van der Waals surface area (Å²) in [4.78, 5) is 1.36. The van der Waals surface area contributed by atoms with Crippen LogP contribution in [0.3, 0.4) is 0 Å². The van der Waals surface area contributed by atoms with Crippen molar-refractivity contribution < 1.29 is 0 Å². The molecule has 16 heavy (non-hydrogen) atoms. The van der Waals surface area contributed by atoms with Gasteiger partial charge in [0, 0.05) is 17.2 Å². The molecule has 1 aromatic rings. The number of rotatable bonds is 6. The highest BCUT2D eigenvalue weighted by Crippen LogP contribution is 2.17. The lowest BCUT2D eigenvalue weighted by atomic mass is 9.92. The van der Waals surface area contributed by atoms with E-state index in [9.17, 15) is 0 Å². The Morgan fingerprint density at radius 2 is 1.75 bits per heavy atom. The Labute approximate surface area is 104 Å². The minimum Gasteiger partial charge on any atom is -0.316 e. The third kappa shape index (κ3) is 6.91. The smallest absolute Gasteiger partial charge is 0.0106 e. The van der Waals surface area contributed by atoms with E-state index in [4.69, 9.17) is 0 Å². The molecule has 0 aliphatic rings. The van der Waals surface area contributed by atoms with Crippen molar-refractivity contribution in [2.24, 2.45) is 5.41 Å². The molecule has 0 aromatic heterocycles. The lowest BCUT2D eigenvalue weighted by Crippen LogP contribution is -2.22. The summed E-state index contributed by atoms with van der Waals surface area (Å²) in [5.74, 6) is 1.15. The van der Waals surface area contributed by atoms with Crippen LogP contribution in [0.1, 0.15) is 27.2 Å². The van der Waals surface area contributed by atoms with Gasteiger partial charge in [-0.05, 0) is 30.5 Å². The van der Waals surface area contributed by atoms with Gasteiger partial charge in [0.2, 0.25) is 0 Å². The van der Waals surface area contributed by atoms with Crippen LogP contribution in [0.15, 0.2) is 35.2 Å². The largest absolute Gasteiger partial charge is 0.316 e. The van der Waals surface area contributed by atoms with Crippen molar-refractivity contribution in [2.45, 2.75) is 32.1 Å². The van der Waals surface area contributed by atoms with Crippen molar-refractivity contribution in [2.75, 3.05) is 18.8 Å². The van der Waals surface area contributed by atoms with Gasteiger partial charge in [0.15, 0.2) is 0 Å². The molecule has 0 atom stereocenters. The molecule has 0 saturated carbocycles. The second kappa shape index (κ2) is 6.97. The fourth-order valence-electron chi connectivity index (χ4n) is 1.35. The van der Waals surface area contributed by atoms with Crippen LogP contribution in [0, 0.1) is 5.41 Å². The van der Waals surface area contributed by atoms with Crippen molar-refractivity contribution in [3.05, 3.63) is 30.3 Å². The van der Waals surface area contributed by atoms with Gasteiger partial charge in [-0.2, -0.15) is 0 Å². The van der Waals surface area contributed by atoms with Gasteiger partial charge in [-0.1, -0.05) is 39.0 Å².